The van der Waals surface area contributed by atoms with Crippen molar-refractivity contribution in [2.45, 2.75) is 12.8 Å². The number of nitrogens with one attached hydrogen (secondary N) is 2. The van der Waals surface area contributed by atoms with Crippen LogP contribution < -0.4 is 10.6 Å². The predicted octanol–water partition coefficient (Wildman–Crippen LogP) is 1.68. The van der Waals surface area contributed by atoms with E-state index in [4.69, 9.17) is 0 Å². The third kappa shape index (κ3) is 8.05. The average molecular weight is 431 g/mol. The molecule has 1 aromatic heterocycles. The molecule has 1 rings (SSSR count). The van der Waals surface area contributed by atoms with Gasteiger partial charge in [0, 0.05) is 37.2 Å². The van der Waals surface area contributed by atoms with Gasteiger partial charge < -0.3 is 10.6 Å². The zero-order chi connectivity index (χ0) is 14.3. The van der Waals surface area contributed by atoms with Crippen molar-refractivity contribution in [2.75, 3.05) is 32.1 Å². The summed E-state index contributed by atoms with van der Waals surface area (Å²) in [6, 6.07) is 4.15. The predicted molar refractivity (Wildman–Crippen MR) is 97.2 cm³/mol. The number of guanidine groups is 1. The molecule has 0 aromatic carbocycles. The summed E-state index contributed by atoms with van der Waals surface area (Å²) in [6.07, 6.45) is 1.23. The summed E-state index contributed by atoms with van der Waals surface area (Å²) in [5.74, 6) is 1.13. The van der Waals surface area contributed by atoms with Crippen LogP contribution in [-0.4, -0.2) is 46.5 Å². The van der Waals surface area contributed by atoms with E-state index >= 15 is 0 Å². The highest BCUT2D eigenvalue weighted by Gasteiger charge is 2.08. The van der Waals surface area contributed by atoms with Gasteiger partial charge in [0.05, 0.1) is 5.75 Å². The van der Waals surface area contributed by atoms with E-state index in [9.17, 15) is 8.42 Å². The first-order valence-corrected chi connectivity index (χ1v) is 9.02. The molecule has 1 heterocycles. The first-order valence-electron chi connectivity index (χ1n) is 6.08. The van der Waals surface area contributed by atoms with Gasteiger partial charge in [-0.25, -0.2) is 8.42 Å². The van der Waals surface area contributed by atoms with Crippen LogP contribution in [0.2, 0.25) is 0 Å². The highest BCUT2D eigenvalue weighted by atomic mass is 127. The van der Waals surface area contributed by atoms with Crippen LogP contribution in [0.5, 0.6) is 0 Å². The van der Waals surface area contributed by atoms with Crippen molar-refractivity contribution in [1.82, 2.24) is 10.6 Å². The van der Waals surface area contributed by atoms with Gasteiger partial charge in [0.2, 0.25) is 0 Å². The van der Waals surface area contributed by atoms with Crippen LogP contribution in [0.4, 0.5) is 0 Å². The zero-order valence-corrected chi connectivity index (χ0v) is 15.9. The molecule has 0 aliphatic heterocycles. The van der Waals surface area contributed by atoms with Gasteiger partial charge in [0.25, 0.3) is 0 Å². The monoisotopic (exact) mass is 431 g/mol. The Balaban J connectivity index is 0.00000361. The van der Waals surface area contributed by atoms with E-state index in [0.29, 0.717) is 18.4 Å². The molecule has 8 heteroatoms. The van der Waals surface area contributed by atoms with E-state index in [0.717, 1.165) is 6.54 Å². The highest BCUT2D eigenvalue weighted by molar-refractivity contribution is 14.0. The minimum atomic E-state index is -2.94. The summed E-state index contributed by atoms with van der Waals surface area (Å²) >= 11 is 1.73. The fourth-order valence-electron chi connectivity index (χ4n) is 1.50. The smallest absolute Gasteiger partial charge is 0.191 e. The maximum absolute atomic E-state index is 11.0. The molecule has 0 radical (unpaired) electrons. The minimum absolute atomic E-state index is 0. The van der Waals surface area contributed by atoms with Crippen LogP contribution in [0.3, 0.4) is 0 Å². The summed E-state index contributed by atoms with van der Waals surface area (Å²) in [7, 11) is -1.27. The highest BCUT2D eigenvalue weighted by Crippen LogP contribution is 2.19. The number of hydrogen-bond acceptors (Lipinski definition) is 4. The molecule has 1 unspecified atom stereocenters. The molecular formula is C12H22IN3O2S2. The van der Waals surface area contributed by atoms with Crippen molar-refractivity contribution in [3.8, 4) is 0 Å². The summed E-state index contributed by atoms with van der Waals surface area (Å²) in [6.45, 7) is 3.27. The van der Waals surface area contributed by atoms with Gasteiger partial charge in [-0.3, -0.25) is 4.99 Å². The molecule has 0 aliphatic rings. The number of nitrogens with zero attached hydrogens (tertiary/aromatic N) is 1. The minimum Gasteiger partial charge on any atom is -0.356 e. The molecule has 0 fully saturated rings. The SMILES string of the molecule is CN=C(NCCS(C)(=O)=O)NCC(C)c1cccs1.I. The number of halogens is 1. The lowest BCUT2D eigenvalue weighted by molar-refractivity contribution is 0.600. The van der Waals surface area contributed by atoms with Gasteiger partial charge >= 0.3 is 0 Å². The van der Waals surface area contributed by atoms with Crippen LogP contribution in [0.15, 0.2) is 22.5 Å². The quantitative estimate of drug-likeness (QED) is 0.409. The molecule has 1 atom stereocenters. The summed E-state index contributed by atoms with van der Waals surface area (Å²) in [5, 5.41) is 8.24. The van der Waals surface area contributed by atoms with Gasteiger partial charge in [-0.05, 0) is 11.4 Å². The Labute approximate surface area is 142 Å². The molecule has 5 nitrogen and oxygen atoms in total. The normalized spacial score (nSPS) is 13.4. The second-order valence-corrected chi connectivity index (χ2v) is 7.67. The largest absolute Gasteiger partial charge is 0.356 e. The Morgan fingerprint density at radius 3 is 2.65 bits per heavy atom. The molecule has 2 N–H and O–H groups in total. The van der Waals surface area contributed by atoms with E-state index in [-0.39, 0.29) is 29.7 Å². The number of sulfone groups is 1. The third-order valence-corrected chi connectivity index (χ3v) is 4.64. The van der Waals surface area contributed by atoms with Gasteiger partial charge in [-0.2, -0.15) is 0 Å². The van der Waals surface area contributed by atoms with Gasteiger partial charge in [-0.1, -0.05) is 13.0 Å². The first kappa shape index (κ1) is 19.7. The second kappa shape index (κ2) is 9.56. The molecule has 1 aromatic rings. The fourth-order valence-corrected chi connectivity index (χ4v) is 2.76. The van der Waals surface area contributed by atoms with Crippen molar-refractivity contribution in [2.24, 2.45) is 4.99 Å². The Hall–Kier alpha value is -0.350. The van der Waals surface area contributed by atoms with Crippen LogP contribution in [0, 0.1) is 0 Å². The second-order valence-electron chi connectivity index (χ2n) is 4.43. The fraction of sp³-hybridized carbons (Fsp3) is 0.583. The lowest BCUT2D eigenvalue weighted by Crippen LogP contribution is -2.40. The number of thiophene rings is 1. The zero-order valence-electron chi connectivity index (χ0n) is 11.9. The van der Waals surface area contributed by atoms with E-state index in [1.165, 1.54) is 11.1 Å². The van der Waals surface area contributed by atoms with Crippen molar-refractivity contribution in [3.05, 3.63) is 22.4 Å². The third-order valence-electron chi connectivity index (χ3n) is 2.59. The molecular weight excluding hydrogens is 409 g/mol. The van der Waals surface area contributed by atoms with Crippen molar-refractivity contribution >= 4 is 51.1 Å². The molecule has 0 saturated carbocycles. The Bertz CT molecular complexity index is 501. The van der Waals surface area contributed by atoms with Crippen molar-refractivity contribution < 1.29 is 8.42 Å². The number of aliphatic imine (C=N–C) groups is 1. The summed E-state index contributed by atoms with van der Waals surface area (Å²) in [5.41, 5.74) is 0. The Morgan fingerprint density at radius 2 is 2.15 bits per heavy atom. The van der Waals surface area contributed by atoms with Gasteiger partial charge in [0.15, 0.2) is 5.96 Å². The number of rotatable bonds is 6. The number of hydrogen-bond donors (Lipinski definition) is 2. The summed E-state index contributed by atoms with van der Waals surface area (Å²) < 4.78 is 22.0. The molecule has 116 valence electrons. The van der Waals surface area contributed by atoms with Gasteiger partial charge in [0.1, 0.15) is 9.84 Å². The van der Waals surface area contributed by atoms with Crippen LogP contribution in [-0.2, 0) is 9.84 Å². The van der Waals surface area contributed by atoms with Crippen LogP contribution in [0.25, 0.3) is 0 Å². The molecule has 0 spiro atoms. The lowest BCUT2D eigenvalue weighted by Gasteiger charge is -2.14. The van der Waals surface area contributed by atoms with Crippen LogP contribution >= 0.6 is 35.3 Å². The molecule has 0 bridgehead atoms. The molecule has 0 saturated heterocycles. The van der Waals surface area contributed by atoms with Crippen LogP contribution in [0.1, 0.15) is 17.7 Å². The van der Waals surface area contributed by atoms with Crippen molar-refractivity contribution in [3.63, 3.8) is 0 Å². The van der Waals surface area contributed by atoms with Gasteiger partial charge in [-0.15, -0.1) is 35.3 Å². The first-order chi connectivity index (χ1) is 8.92. The maximum atomic E-state index is 11.0. The Kier molecular flexibility index (Phi) is 9.39. The topological polar surface area (TPSA) is 70.6 Å². The Morgan fingerprint density at radius 1 is 1.45 bits per heavy atom. The van der Waals surface area contributed by atoms with E-state index in [2.05, 4.69) is 34.0 Å². The van der Waals surface area contributed by atoms with Crippen molar-refractivity contribution in [1.29, 1.82) is 0 Å². The summed E-state index contributed by atoms with van der Waals surface area (Å²) in [4.78, 5) is 5.38. The van der Waals surface area contributed by atoms with E-state index in [1.54, 1.807) is 18.4 Å². The standard InChI is InChI=1S/C12H21N3O2S2.HI/c1-10(11-5-4-7-18-11)9-15-12(13-2)14-6-8-19(3,16)17;/h4-5,7,10H,6,8-9H2,1-3H3,(H2,13,14,15);1H. The van der Waals surface area contributed by atoms with E-state index in [1.807, 2.05) is 6.07 Å². The average Bonchev–Trinajstić information content (AvgIpc) is 2.85. The molecule has 0 aliphatic carbocycles. The molecule has 0 amide bonds. The lowest BCUT2D eigenvalue weighted by atomic mass is 10.1. The van der Waals surface area contributed by atoms with E-state index < -0.39 is 9.84 Å². The molecule has 20 heavy (non-hydrogen) atoms. The maximum Gasteiger partial charge on any atom is 0.191 e.